The second-order valence-electron chi connectivity index (χ2n) is 4.34. The highest BCUT2D eigenvalue weighted by Gasteiger charge is 2.14. The van der Waals surface area contributed by atoms with Crippen molar-refractivity contribution < 1.29 is 13.5 Å². The minimum atomic E-state index is -2.32. The highest BCUT2D eigenvalue weighted by Crippen LogP contribution is 2.07. The largest absolute Gasteiger partial charge is 0.375 e. The van der Waals surface area contributed by atoms with Crippen LogP contribution in [0.4, 0.5) is 8.78 Å². The van der Waals surface area contributed by atoms with Gasteiger partial charge in [0.25, 0.3) is 6.43 Å². The Hall–Kier alpha value is 0.0700. The van der Waals surface area contributed by atoms with Gasteiger partial charge in [-0.15, -0.1) is 11.6 Å². The van der Waals surface area contributed by atoms with E-state index in [-0.39, 0.29) is 12.1 Å². The molecule has 0 aliphatic rings. The molecule has 2 nitrogen and oxygen atoms in total. The first kappa shape index (κ1) is 15.1. The molecule has 0 aliphatic heterocycles. The van der Waals surface area contributed by atoms with E-state index in [2.05, 4.69) is 0 Å². The molecule has 0 bridgehead atoms. The average molecular weight is 244 g/mol. The molecule has 0 heterocycles. The molecule has 0 N–H and O–H groups in total. The lowest BCUT2D eigenvalue weighted by Crippen LogP contribution is -2.35. The van der Waals surface area contributed by atoms with Crippen LogP contribution in [-0.4, -0.2) is 49.0 Å². The van der Waals surface area contributed by atoms with E-state index in [9.17, 15) is 8.78 Å². The average Bonchev–Trinajstić information content (AvgIpc) is 2.00. The summed E-state index contributed by atoms with van der Waals surface area (Å²) in [7, 11) is 0. The fraction of sp³-hybridized carbons (Fsp3) is 1.00. The topological polar surface area (TPSA) is 12.5 Å². The summed E-state index contributed by atoms with van der Waals surface area (Å²) in [5.41, 5.74) is -0.225. The molecule has 0 aliphatic carbocycles. The Bertz CT molecular complexity index is 162. The molecule has 15 heavy (non-hydrogen) atoms. The van der Waals surface area contributed by atoms with E-state index in [0.717, 1.165) is 0 Å². The highest BCUT2D eigenvalue weighted by atomic mass is 35.5. The van der Waals surface area contributed by atoms with Crippen molar-refractivity contribution in [2.24, 2.45) is 0 Å². The van der Waals surface area contributed by atoms with Gasteiger partial charge in [0.05, 0.1) is 18.8 Å². The molecular weight excluding hydrogens is 224 g/mol. The van der Waals surface area contributed by atoms with Gasteiger partial charge in [0.2, 0.25) is 0 Å². The van der Waals surface area contributed by atoms with E-state index in [1.54, 1.807) is 4.90 Å². The molecule has 0 unspecified atom stereocenters. The maximum atomic E-state index is 12.1. The Labute approximate surface area is 95.5 Å². The van der Waals surface area contributed by atoms with Gasteiger partial charge < -0.3 is 4.74 Å². The third-order valence-corrected chi connectivity index (χ3v) is 1.91. The van der Waals surface area contributed by atoms with Crippen LogP contribution in [0.5, 0.6) is 0 Å². The van der Waals surface area contributed by atoms with Crippen molar-refractivity contribution >= 4 is 11.6 Å². The van der Waals surface area contributed by atoms with Crippen LogP contribution in [0.2, 0.25) is 0 Å². The second kappa shape index (κ2) is 7.36. The van der Waals surface area contributed by atoms with Crippen molar-refractivity contribution in [3.63, 3.8) is 0 Å². The Morgan fingerprint density at radius 1 is 1.27 bits per heavy atom. The van der Waals surface area contributed by atoms with Gasteiger partial charge in [0.15, 0.2) is 0 Å². The van der Waals surface area contributed by atoms with Crippen molar-refractivity contribution in [1.29, 1.82) is 0 Å². The molecule has 0 radical (unpaired) electrons. The van der Waals surface area contributed by atoms with E-state index in [1.165, 1.54) is 0 Å². The fourth-order valence-corrected chi connectivity index (χ4v) is 1.33. The molecule has 0 saturated carbocycles. The van der Waals surface area contributed by atoms with Gasteiger partial charge in [0, 0.05) is 19.0 Å². The summed E-state index contributed by atoms with van der Waals surface area (Å²) >= 11 is 5.52. The van der Waals surface area contributed by atoms with Gasteiger partial charge in [-0.1, -0.05) is 0 Å². The number of nitrogens with zero attached hydrogens (tertiary/aromatic N) is 1. The summed E-state index contributed by atoms with van der Waals surface area (Å²) in [6.45, 7) is 6.99. The summed E-state index contributed by atoms with van der Waals surface area (Å²) in [4.78, 5) is 1.61. The Kier molecular flexibility index (Phi) is 7.40. The summed E-state index contributed by atoms with van der Waals surface area (Å²) in [6.07, 6.45) is -2.32. The summed E-state index contributed by atoms with van der Waals surface area (Å²) < 4.78 is 29.7. The maximum Gasteiger partial charge on any atom is 0.251 e. The predicted octanol–water partition coefficient (Wildman–Crippen LogP) is 2.61. The number of rotatable bonds is 7. The molecule has 0 fully saturated rings. The zero-order chi connectivity index (χ0) is 11.9. The summed E-state index contributed by atoms with van der Waals surface area (Å²) in [5, 5.41) is 0. The van der Waals surface area contributed by atoms with Crippen LogP contribution < -0.4 is 0 Å². The maximum absolute atomic E-state index is 12.1. The Morgan fingerprint density at radius 3 is 2.27 bits per heavy atom. The first-order valence-electron chi connectivity index (χ1n) is 5.05. The van der Waals surface area contributed by atoms with Gasteiger partial charge in [-0.05, 0) is 20.8 Å². The highest BCUT2D eigenvalue weighted by molar-refractivity contribution is 6.18. The summed E-state index contributed by atoms with van der Waals surface area (Å²) in [5.74, 6) is 0.363. The van der Waals surface area contributed by atoms with E-state index in [4.69, 9.17) is 16.3 Å². The lowest BCUT2D eigenvalue weighted by Gasteiger charge is -2.24. The van der Waals surface area contributed by atoms with Crippen molar-refractivity contribution in [3.05, 3.63) is 0 Å². The van der Waals surface area contributed by atoms with Gasteiger partial charge in [-0.2, -0.15) is 0 Å². The van der Waals surface area contributed by atoms with E-state index >= 15 is 0 Å². The SMILES string of the molecule is CC(C)(C)OCCN(CCCl)CC(F)F. The molecule has 0 aromatic rings. The first-order valence-corrected chi connectivity index (χ1v) is 5.59. The molecule has 0 amide bonds. The van der Waals surface area contributed by atoms with Crippen LogP contribution in [-0.2, 0) is 4.74 Å². The minimum absolute atomic E-state index is 0.225. The monoisotopic (exact) mass is 243 g/mol. The van der Waals surface area contributed by atoms with E-state index in [1.807, 2.05) is 20.8 Å². The molecule has 0 atom stereocenters. The smallest absolute Gasteiger partial charge is 0.251 e. The Morgan fingerprint density at radius 2 is 1.87 bits per heavy atom. The first-order chi connectivity index (χ1) is 6.85. The summed E-state index contributed by atoms with van der Waals surface area (Å²) in [6, 6.07) is 0. The molecule has 0 aromatic heterocycles. The molecule has 0 saturated heterocycles. The fourth-order valence-electron chi connectivity index (χ4n) is 1.09. The predicted molar refractivity (Wildman–Crippen MR) is 58.9 cm³/mol. The Balaban J connectivity index is 3.75. The van der Waals surface area contributed by atoms with E-state index in [0.29, 0.717) is 25.6 Å². The second-order valence-corrected chi connectivity index (χ2v) is 4.72. The van der Waals surface area contributed by atoms with Crippen LogP contribution in [0.15, 0.2) is 0 Å². The molecular formula is C10H20ClF2NO. The van der Waals surface area contributed by atoms with Crippen molar-refractivity contribution in [2.45, 2.75) is 32.8 Å². The van der Waals surface area contributed by atoms with Gasteiger partial charge >= 0.3 is 0 Å². The molecule has 92 valence electrons. The minimum Gasteiger partial charge on any atom is -0.375 e. The van der Waals surface area contributed by atoms with Crippen molar-refractivity contribution in [2.75, 3.05) is 32.1 Å². The molecule has 0 rings (SSSR count). The van der Waals surface area contributed by atoms with Crippen molar-refractivity contribution in [1.82, 2.24) is 4.90 Å². The zero-order valence-electron chi connectivity index (χ0n) is 9.60. The van der Waals surface area contributed by atoms with Crippen molar-refractivity contribution in [3.8, 4) is 0 Å². The zero-order valence-corrected chi connectivity index (χ0v) is 10.4. The molecule has 0 spiro atoms. The molecule has 5 heteroatoms. The quantitative estimate of drug-likeness (QED) is 0.638. The third-order valence-electron chi connectivity index (χ3n) is 1.74. The van der Waals surface area contributed by atoms with E-state index < -0.39 is 6.43 Å². The third kappa shape index (κ3) is 10.4. The van der Waals surface area contributed by atoms with Crippen LogP contribution in [0.1, 0.15) is 20.8 Å². The van der Waals surface area contributed by atoms with Crippen LogP contribution in [0.3, 0.4) is 0 Å². The van der Waals surface area contributed by atoms with Crippen LogP contribution in [0, 0.1) is 0 Å². The van der Waals surface area contributed by atoms with Crippen LogP contribution in [0.25, 0.3) is 0 Å². The number of halogens is 3. The normalized spacial score (nSPS) is 12.8. The van der Waals surface area contributed by atoms with Gasteiger partial charge in [-0.25, -0.2) is 8.78 Å². The number of hydrogen-bond acceptors (Lipinski definition) is 2. The van der Waals surface area contributed by atoms with Gasteiger partial charge in [-0.3, -0.25) is 4.90 Å². The van der Waals surface area contributed by atoms with Gasteiger partial charge in [0.1, 0.15) is 0 Å². The standard InChI is InChI=1S/C10H20ClF2NO/c1-10(2,3)15-7-6-14(5-4-11)8-9(12)13/h9H,4-8H2,1-3H3. The lowest BCUT2D eigenvalue weighted by molar-refractivity contribution is -0.0181. The lowest BCUT2D eigenvalue weighted by atomic mass is 10.2. The number of alkyl halides is 3. The number of hydrogen-bond donors (Lipinski definition) is 0. The van der Waals surface area contributed by atoms with Crippen LogP contribution >= 0.6 is 11.6 Å². The number of ether oxygens (including phenoxy) is 1. The molecule has 0 aromatic carbocycles.